The van der Waals surface area contributed by atoms with Crippen molar-refractivity contribution in [3.63, 3.8) is 0 Å². The first-order valence-electron chi connectivity index (χ1n) is 15.3. The summed E-state index contributed by atoms with van der Waals surface area (Å²) < 4.78 is 21.6. The van der Waals surface area contributed by atoms with Crippen LogP contribution in [0, 0.1) is 0 Å². The monoisotopic (exact) mass is 772 g/mol. The van der Waals surface area contributed by atoms with E-state index in [-0.39, 0.29) is 0 Å². The minimum Gasteiger partial charge on any atom is -0.504 e. The molecule has 1 aliphatic carbocycles. The van der Waals surface area contributed by atoms with Crippen LogP contribution in [0.15, 0.2) is 48.5 Å². The molecule has 1 aliphatic rings. The number of phenols is 12. The number of aliphatic hydroxyl groups is 1. The van der Waals surface area contributed by atoms with Gasteiger partial charge in [-0.25, -0.2) is 19.2 Å². The largest absolute Gasteiger partial charge is 0.504 e. The molecule has 0 amide bonds. The Morgan fingerprint density at radius 1 is 0.382 bits per heavy atom. The molecule has 0 aromatic heterocycles. The standard InChI is InChI=1S/C34H28O21/c35-14-1-10(2-15(36)24(14)43)31(48)52-22-9-23(53-32(49)11-3-16(37)25(44)17(38)4-11)29(54-33(50)12-5-18(39)26(45)19(40)6-12)30(28(22)47)55-34(51)13-7-20(41)27(46)21(42)8-13/h1-8,22-23,28-30,35-47H,9H2. The van der Waals surface area contributed by atoms with E-state index in [1.165, 1.54) is 0 Å². The van der Waals surface area contributed by atoms with Crippen molar-refractivity contribution in [2.45, 2.75) is 36.9 Å². The molecule has 0 aliphatic heterocycles. The summed E-state index contributed by atoms with van der Waals surface area (Å²) in [5, 5.41) is 130. The zero-order chi connectivity index (χ0) is 40.6. The van der Waals surface area contributed by atoms with Crippen molar-refractivity contribution in [3.8, 4) is 69.0 Å². The van der Waals surface area contributed by atoms with Crippen LogP contribution in [0.1, 0.15) is 47.9 Å². The number of hydrogen-bond donors (Lipinski definition) is 13. The summed E-state index contributed by atoms with van der Waals surface area (Å²) in [4.78, 5) is 53.3. The molecule has 5 unspecified atom stereocenters. The van der Waals surface area contributed by atoms with Gasteiger partial charge in [-0.05, 0) is 48.5 Å². The maximum absolute atomic E-state index is 13.4. The van der Waals surface area contributed by atoms with Gasteiger partial charge in [-0.3, -0.25) is 0 Å². The Labute approximate surface area is 305 Å². The Balaban J connectivity index is 1.59. The molecule has 5 rings (SSSR count). The molecule has 55 heavy (non-hydrogen) atoms. The molecule has 13 N–H and O–H groups in total. The summed E-state index contributed by atoms with van der Waals surface area (Å²) in [6.07, 6.45) is -11.5. The van der Waals surface area contributed by atoms with Crippen molar-refractivity contribution >= 4 is 23.9 Å². The first-order chi connectivity index (χ1) is 25.8. The van der Waals surface area contributed by atoms with Gasteiger partial charge in [0.05, 0.1) is 22.3 Å². The van der Waals surface area contributed by atoms with Gasteiger partial charge in [0, 0.05) is 6.42 Å². The zero-order valence-electron chi connectivity index (χ0n) is 27.3. The number of phenolic OH excluding ortho intramolecular Hbond substituents is 12. The molecule has 0 radical (unpaired) electrons. The SMILES string of the molecule is O=C(OC1CC(OC(=O)c2cc(O)c(O)c(O)c2)C(OC(=O)c2cc(O)c(O)c(O)c2)C(OC(=O)c2cc(O)c(O)c(O)c2)C1O)c1cc(O)c(O)c(O)c1. The fourth-order valence-electron chi connectivity index (χ4n) is 5.32. The van der Waals surface area contributed by atoms with Crippen molar-refractivity contribution < 1.29 is 105 Å². The molecule has 21 nitrogen and oxygen atoms in total. The van der Waals surface area contributed by atoms with Crippen LogP contribution < -0.4 is 0 Å². The van der Waals surface area contributed by atoms with E-state index in [2.05, 4.69) is 0 Å². The van der Waals surface area contributed by atoms with Gasteiger partial charge in [0.25, 0.3) is 0 Å². The predicted octanol–water partition coefficient (Wildman–Crippen LogP) is 1.12. The molecule has 1 fully saturated rings. The van der Waals surface area contributed by atoms with Gasteiger partial charge in [-0.15, -0.1) is 0 Å². The summed E-state index contributed by atoms with van der Waals surface area (Å²) in [6.45, 7) is 0. The first-order valence-corrected chi connectivity index (χ1v) is 15.3. The zero-order valence-corrected chi connectivity index (χ0v) is 27.3. The minimum atomic E-state index is -2.29. The third kappa shape index (κ3) is 7.75. The van der Waals surface area contributed by atoms with E-state index in [1.807, 2.05) is 0 Å². The Kier molecular flexibility index (Phi) is 10.3. The number of esters is 4. The van der Waals surface area contributed by atoms with E-state index in [1.54, 1.807) is 0 Å². The maximum Gasteiger partial charge on any atom is 0.338 e. The van der Waals surface area contributed by atoms with Crippen molar-refractivity contribution in [2.24, 2.45) is 0 Å². The lowest BCUT2D eigenvalue weighted by Crippen LogP contribution is -2.60. The average molecular weight is 773 g/mol. The summed E-state index contributed by atoms with van der Waals surface area (Å²) in [6, 6.07) is 5.05. The fourth-order valence-corrected chi connectivity index (χ4v) is 5.32. The number of carbonyl (C=O) groups excluding carboxylic acids is 4. The van der Waals surface area contributed by atoms with Crippen LogP contribution >= 0.6 is 0 Å². The van der Waals surface area contributed by atoms with Crippen molar-refractivity contribution in [2.75, 3.05) is 0 Å². The molecule has 290 valence electrons. The van der Waals surface area contributed by atoms with Gasteiger partial charge in [0.1, 0.15) is 18.3 Å². The molecule has 5 atom stereocenters. The summed E-state index contributed by atoms with van der Waals surface area (Å²) >= 11 is 0. The highest BCUT2D eigenvalue weighted by Crippen LogP contribution is 2.41. The number of ether oxygens (including phenoxy) is 4. The average Bonchev–Trinajstić information content (AvgIpc) is 3.12. The smallest absolute Gasteiger partial charge is 0.338 e. The number of rotatable bonds is 8. The van der Waals surface area contributed by atoms with E-state index in [9.17, 15) is 85.6 Å². The molecule has 0 heterocycles. The van der Waals surface area contributed by atoms with Crippen LogP contribution in [0.4, 0.5) is 0 Å². The van der Waals surface area contributed by atoms with E-state index in [0.717, 1.165) is 0 Å². The van der Waals surface area contributed by atoms with E-state index >= 15 is 0 Å². The molecular weight excluding hydrogens is 744 g/mol. The van der Waals surface area contributed by atoms with Crippen LogP contribution in [0.25, 0.3) is 0 Å². The first kappa shape index (κ1) is 38.5. The second kappa shape index (κ2) is 14.7. The number of aromatic hydroxyl groups is 12. The third-order valence-electron chi connectivity index (χ3n) is 8.10. The van der Waals surface area contributed by atoms with E-state index < -0.39 is 152 Å². The van der Waals surface area contributed by atoms with Gasteiger partial charge in [0.15, 0.2) is 81.2 Å². The highest BCUT2D eigenvalue weighted by molar-refractivity contribution is 5.94. The Morgan fingerprint density at radius 3 is 0.909 bits per heavy atom. The molecule has 21 heteroatoms. The van der Waals surface area contributed by atoms with Crippen LogP contribution in [-0.2, 0) is 18.9 Å². The van der Waals surface area contributed by atoms with Crippen LogP contribution in [0.3, 0.4) is 0 Å². The Bertz CT molecular complexity index is 2120. The minimum absolute atomic E-state index is 0.609. The van der Waals surface area contributed by atoms with Crippen LogP contribution in [-0.4, -0.2) is 121 Å². The van der Waals surface area contributed by atoms with Crippen molar-refractivity contribution in [1.29, 1.82) is 0 Å². The number of hydrogen-bond acceptors (Lipinski definition) is 21. The lowest BCUT2D eigenvalue weighted by atomic mass is 9.86. The molecule has 4 aromatic carbocycles. The van der Waals surface area contributed by atoms with Crippen LogP contribution in [0.5, 0.6) is 69.0 Å². The van der Waals surface area contributed by atoms with E-state index in [0.29, 0.717) is 48.5 Å². The molecule has 0 bridgehead atoms. The lowest BCUT2D eigenvalue weighted by Gasteiger charge is -2.42. The molecule has 1 saturated carbocycles. The normalized spacial score (nSPS) is 19.2. The fraction of sp³-hybridized carbons (Fsp3) is 0.176. The van der Waals surface area contributed by atoms with E-state index in [4.69, 9.17) is 18.9 Å². The lowest BCUT2D eigenvalue weighted by molar-refractivity contribution is -0.181. The topological polar surface area (TPSA) is 368 Å². The number of aliphatic hydroxyl groups excluding tert-OH is 1. The summed E-state index contributed by atoms with van der Waals surface area (Å²) in [5.41, 5.74) is -2.65. The van der Waals surface area contributed by atoms with Gasteiger partial charge in [-0.1, -0.05) is 0 Å². The third-order valence-corrected chi connectivity index (χ3v) is 8.10. The number of carbonyl (C=O) groups is 4. The molecule has 0 spiro atoms. The second-order valence-electron chi connectivity index (χ2n) is 11.8. The quantitative estimate of drug-likeness (QED) is 0.0677. The van der Waals surface area contributed by atoms with Gasteiger partial charge >= 0.3 is 23.9 Å². The highest BCUT2D eigenvalue weighted by Gasteiger charge is 2.52. The predicted molar refractivity (Wildman–Crippen MR) is 173 cm³/mol. The molecule has 0 saturated heterocycles. The highest BCUT2D eigenvalue weighted by atomic mass is 16.6. The molecular formula is C34H28O21. The van der Waals surface area contributed by atoms with Gasteiger partial charge in [-0.2, -0.15) is 0 Å². The maximum atomic E-state index is 13.4. The van der Waals surface area contributed by atoms with Gasteiger partial charge in [0.2, 0.25) is 0 Å². The van der Waals surface area contributed by atoms with Crippen LogP contribution in [0.2, 0.25) is 0 Å². The van der Waals surface area contributed by atoms with Gasteiger partial charge < -0.3 is 85.3 Å². The van der Waals surface area contributed by atoms with Crippen molar-refractivity contribution in [3.05, 3.63) is 70.8 Å². The Hall–Kier alpha value is -7.68. The van der Waals surface area contributed by atoms with Crippen molar-refractivity contribution in [1.82, 2.24) is 0 Å². The summed E-state index contributed by atoms with van der Waals surface area (Å²) in [7, 11) is 0. The number of benzene rings is 4. The molecule has 4 aromatic rings. The summed E-state index contributed by atoms with van der Waals surface area (Å²) in [5.74, 6) is -18.1. The second-order valence-corrected chi connectivity index (χ2v) is 11.8. The Morgan fingerprint density at radius 2 is 0.618 bits per heavy atom.